The monoisotopic (exact) mass is 356 g/mol. The molecule has 1 amide bonds. The Balaban J connectivity index is 1.95. The van der Waals surface area contributed by atoms with Gasteiger partial charge in [0.15, 0.2) is 6.10 Å². The number of ether oxygens (including phenoxy) is 2. The van der Waals surface area contributed by atoms with E-state index in [1.807, 2.05) is 25.1 Å². The summed E-state index contributed by atoms with van der Waals surface area (Å²) in [6, 6.07) is 6.12. The first-order valence-corrected chi connectivity index (χ1v) is 8.76. The highest BCUT2D eigenvalue weighted by atomic mass is 16.5. The Hall–Kier alpha value is -2.76. The van der Waals surface area contributed by atoms with Gasteiger partial charge in [0.25, 0.3) is 5.91 Å². The van der Waals surface area contributed by atoms with Crippen LogP contribution in [0.2, 0.25) is 0 Å². The molecule has 1 heterocycles. The van der Waals surface area contributed by atoms with Crippen LogP contribution in [0.3, 0.4) is 0 Å². The van der Waals surface area contributed by atoms with E-state index in [1.165, 1.54) is 0 Å². The number of carbonyl (C=O) groups excluding carboxylic acids is 2. The van der Waals surface area contributed by atoms with E-state index in [-0.39, 0.29) is 5.91 Å². The van der Waals surface area contributed by atoms with Crippen molar-refractivity contribution in [3.63, 3.8) is 0 Å². The number of benzene rings is 1. The van der Waals surface area contributed by atoms with E-state index in [4.69, 9.17) is 9.47 Å². The third-order valence-corrected chi connectivity index (χ3v) is 4.65. The lowest BCUT2D eigenvalue weighted by Gasteiger charge is -2.13. The molecule has 1 aromatic carbocycles. The first-order valence-electron chi connectivity index (χ1n) is 8.76. The molecule has 1 aromatic heterocycles. The quantitative estimate of drug-likeness (QED) is 0.611. The zero-order valence-electron chi connectivity index (χ0n) is 15.4. The molecule has 26 heavy (non-hydrogen) atoms. The van der Waals surface area contributed by atoms with E-state index in [1.54, 1.807) is 20.1 Å². The van der Waals surface area contributed by atoms with Crippen LogP contribution in [-0.2, 0) is 9.53 Å². The molecule has 0 saturated heterocycles. The molecule has 6 nitrogen and oxygen atoms in total. The number of hydrogen-bond donors (Lipinski definition) is 1. The topological polar surface area (TPSA) is 69.6 Å². The fourth-order valence-electron chi connectivity index (χ4n) is 3.20. The first kappa shape index (κ1) is 18.0. The van der Waals surface area contributed by atoms with Gasteiger partial charge < -0.3 is 19.4 Å². The van der Waals surface area contributed by atoms with Crippen LogP contribution in [0.15, 0.2) is 30.9 Å². The molecular weight excluding hydrogens is 332 g/mol. The predicted octanol–water partition coefficient (Wildman–Crippen LogP) is 3.14. The summed E-state index contributed by atoms with van der Waals surface area (Å²) in [6.45, 7) is 7.36. The van der Waals surface area contributed by atoms with Gasteiger partial charge in [-0.2, -0.15) is 0 Å². The second-order valence-electron chi connectivity index (χ2n) is 6.53. The Morgan fingerprint density at radius 2 is 2.15 bits per heavy atom. The number of methoxy groups -OCH3 is 1. The number of esters is 1. The van der Waals surface area contributed by atoms with E-state index in [9.17, 15) is 9.59 Å². The van der Waals surface area contributed by atoms with Crippen LogP contribution in [-0.4, -0.2) is 36.2 Å². The summed E-state index contributed by atoms with van der Waals surface area (Å²) in [4.78, 5) is 24.8. The zero-order valence-corrected chi connectivity index (χ0v) is 15.4. The van der Waals surface area contributed by atoms with Crippen molar-refractivity contribution in [3.8, 4) is 5.75 Å². The van der Waals surface area contributed by atoms with Gasteiger partial charge in [0.05, 0.1) is 12.7 Å². The molecule has 1 fully saturated rings. The van der Waals surface area contributed by atoms with E-state index in [0.29, 0.717) is 23.9 Å². The number of aromatic nitrogens is 1. The zero-order chi connectivity index (χ0) is 18.8. The molecule has 3 rings (SSSR count). The van der Waals surface area contributed by atoms with Crippen molar-refractivity contribution < 1.29 is 19.1 Å². The van der Waals surface area contributed by atoms with Gasteiger partial charge in [0, 0.05) is 29.2 Å². The fourth-order valence-corrected chi connectivity index (χ4v) is 3.20. The maximum atomic E-state index is 12.8. The van der Waals surface area contributed by atoms with Gasteiger partial charge in [-0.3, -0.25) is 4.79 Å². The van der Waals surface area contributed by atoms with Gasteiger partial charge in [0.1, 0.15) is 5.75 Å². The number of hydrogen-bond acceptors (Lipinski definition) is 4. The molecule has 0 spiro atoms. The van der Waals surface area contributed by atoms with Gasteiger partial charge in [-0.25, -0.2) is 4.79 Å². The third kappa shape index (κ3) is 3.31. The van der Waals surface area contributed by atoms with Crippen LogP contribution < -0.4 is 10.1 Å². The average molecular weight is 356 g/mol. The molecule has 0 aliphatic heterocycles. The lowest BCUT2D eigenvalue weighted by atomic mass is 10.1. The number of nitrogens with one attached hydrogen (secondary N) is 1. The van der Waals surface area contributed by atoms with Gasteiger partial charge in [0.2, 0.25) is 0 Å². The number of rotatable bonds is 7. The SMILES string of the molecule is C=CCNC(=O)C(C)OC(=O)c1c(C)n(C2CC2)c2ccc(OC)cc12. The van der Waals surface area contributed by atoms with Gasteiger partial charge >= 0.3 is 5.97 Å². The molecule has 0 bridgehead atoms. The summed E-state index contributed by atoms with van der Waals surface area (Å²) in [6.07, 6.45) is 2.90. The first-order chi connectivity index (χ1) is 12.5. The highest BCUT2D eigenvalue weighted by molar-refractivity contribution is 6.07. The average Bonchev–Trinajstić information content (AvgIpc) is 3.41. The Morgan fingerprint density at radius 3 is 2.77 bits per heavy atom. The lowest BCUT2D eigenvalue weighted by Crippen LogP contribution is -2.35. The van der Waals surface area contributed by atoms with Crippen molar-refractivity contribution in [2.24, 2.45) is 0 Å². The van der Waals surface area contributed by atoms with Crippen LogP contribution in [0.25, 0.3) is 10.9 Å². The Labute approximate surface area is 152 Å². The Morgan fingerprint density at radius 1 is 1.42 bits per heavy atom. The predicted molar refractivity (Wildman–Crippen MR) is 99.6 cm³/mol. The minimum absolute atomic E-state index is 0.331. The van der Waals surface area contributed by atoms with Crippen LogP contribution in [0.1, 0.15) is 41.9 Å². The van der Waals surface area contributed by atoms with Crippen LogP contribution in [0, 0.1) is 6.92 Å². The largest absolute Gasteiger partial charge is 0.497 e. The third-order valence-electron chi connectivity index (χ3n) is 4.65. The van der Waals surface area contributed by atoms with Gasteiger partial charge in [-0.05, 0) is 44.9 Å². The minimum atomic E-state index is -0.883. The standard InChI is InChI=1S/C20H24N2O4/c1-5-10-21-19(23)13(3)26-20(24)18-12(2)22(14-6-7-14)17-9-8-15(25-4)11-16(17)18/h5,8-9,11,13-14H,1,6-7,10H2,2-4H3,(H,21,23). The fraction of sp³-hybridized carbons (Fsp3) is 0.400. The normalized spacial score (nSPS) is 14.7. The van der Waals surface area contributed by atoms with Crippen molar-refractivity contribution in [1.29, 1.82) is 0 Å². The summed E-state index contributed by atoms with van der Waals surface area (Å²) in [7, 11) is 1.59. The second-order valence-corrected chi connectivity index (χ2v) is 6.53. The number of nitrogens with zero attached hydrogens (tertiary/aromatic N) is 1. The van der Waals surface area contributed by atoms with Crippen molar-refractivity contribution in [1.82, 2.24) is 9.88 Å². The highest BCUT2D eigenvalue weighted by Crippen LogP contribution is 2.42. The number of carbonyl (C=O) groups is 2. The number of amides is 1. The second kappa shape index (κ2) is 7.23. The van der Waals surface area contributed by atoms with E-state index in [0.717, 1.165) is 29.4 Å². The van der Waals surface area contributed by atoms with Gasteiger partial charge in [-0.15, -0.1) is 6.58 Å². The molecule has 6 heteroatoms. The molecule has 1 aliphatic rings. The highest BCUT2D eigenvalue weighted by Gasteiger charge is 2.31. The van der Waals surface area contributed by atoms with Crippen molar-refractivity contribution in [3.05, 3.63) is 42.1 Å². The Kier molecular flexibility index (Phi) is 5.02. The molecule has 1 N–H and O–H groups in total. The van der Waals surface area contributed by atoms with E-state index in [2.05, 4.69) is 16.5 Å². The van der Waals surface area contributed by atoms with Gasteiger partial charge in [-0.1, -0.05) is 6.08 Å². The summed E-state index contributed by atoms with van der Waals surface area (Å²) in [5.41, 5.74) is 2.34. The molecule has 0 radical (unpaired) electrons. The molecule has 2 aromatic rings. The number of fused-ring (bicyclic) bond motifs is 1. The molecular formula is C20H24N2O4. The van der Waals surface area contributed by atoms with Crippen LogP contribution >= 0.6 is 0 Å². The summed E-state index contributed by atoms with van der Waals surface area (Å²) < 4.78 is 12.9. The summed E-state index contributed by atoms with van der Waals surface area (Å²) in [5, 5.41) is 3.42. The molecule has 1 saturated carbocycles. The Bertz CT molecular complexity index is 864. The maximum Gasteiger partial charge on any atom is 0.341 e. The maximum absolute atomic E-state index is 12.8. The molecule has 1 unspecified atom stereocenters. The van der Waals surface area contributed by atoms with Crippen LogP contribution in [0.5, 0.6) is 5.75 Å². The molecule has 1 aliphatic carbocycles. The van der Waals surface area contributed by atoms with E-state index < -0.39 is 12.1 Å². The molecule has 1 atom stereocenters. The van der Waals surface area contributed by atoms with Crippen molar-refractivity contribution in [2.45, 2.75) is 38.8 Å². The smallest absolute Gasteiger partial charge is 0.341 e. The van der Waals surface area contributed by atoms with E-state index >= 15 is 0 Å². The summed E-state index contributed by atoms with van der Waals surface area (Å²) >= 11 is 0. The minimum Gasteiger partial charge on any atom is -0.497 e. The lowest BCUT2D eigenvalue weighted by molar-refractivity contribution is -0.128. The van der Waals surface area contributed by atoms with Crippen molar-refractivity contribution in [2.75, 3.05) is 13.7 Å². The summed E-state index contributed by atoms with van der Waals surface area (Å²) in [5.74, 6) is -0.169. The van der Waals surface area contributed by atoms with Crippen molar-refractivity contribution >= 4 is 22.8 Å². The molecule has 138 valence electrons. The van der Waals surface area contributed by atoms with Crippen LogP contribution in [0.4, 0.5) is 0 Å².